The summed E-state index contributed by atoms with van der Waals surface area (Å²) >= 11 is 0. The number of carboxylic acid groups (broad SMARTS) is 1. The number of aliphatic carboxylic acids is 1. The first-order valence-electron chi connectivity index (χ1n) is 39.7. The Labute approximate surface area is 678 Å². The van der Waals surface area contributed by atoms with E-state index in [1.54, 1.807) is 133 Å². The topological polar surface area (TPSA) is 395 Å². The molecule has 2 atom stereocenters. The number of imide groups is 4. The summed E-state index contributed by atoms with van der Waals surface area (Å²) in [6.07, 6.45) is 21.7. The highest BCUT2D eigenvalue weighted by atomic mass is 19.1. The monoisotopic (exact) mass is 1620 g/mol. The highest BCUT2D eigenvalue weighted by Gasteiger charge is 2.47. The maximum Gasteiger partial charge on any atom is 0.317 e. The Bertz CT molecular complexity index is 5120. The number of nitrogens with zero attached hydrogens (tertiary/aromatic N) is 10. The van der Waals surface area contributed by atoms with Gasteiger partial charge in [0.1, 0.15) is 46.1 Å². The molecule has 4 aliphatic heterocycles. The lowest BCUT2D eigenvalue weighted by Crippen LogP contribution is -2.54. The van der Waals surface area contributed by atoms with E-state index in [-0.39, 0.29) is 72.8 Å². The Morgan fingerprint density at radius 2 is 0.974 bits per heavy atom. The normalized spacial score (nSPS) is 15.1. The zero-order valence-corrected chi connectivity index (χ0v) is 68.0. The Morgan fingerprint density at radius 3 is 1.42 bits per heavy atom. The zero-order valence-electron chi connectivity index (χ0n) is 69.0. The van der Waals surface area contributed by atoms with Crippen molar-refractivity contribution in [1.82, 2.24) is 64.2 Å². The van der Waals surface area contributed by atoms with Crippen LogP contribution in [0.3, 0.4) is 0 Å². The molecule has 32 nitrogen and oxygen atoms in total. The van der Waals surface area contributed by atoms with Gasteiger partial charge < -0.3 is 49.6 Å². The number of carbonyl (C=O) groups is 10. The predicted octanol–water partition coefficient (Wildman–Crippen LogP) is 7.74. The number of methoxy groups -OCH3 is 4. The summed E-state index contributed by atoms with van der Waals surface area (Å²) in [5, 5.41) is 29.8. The van der Waals surface area contributed by atoms with Gasteiger partial charge in [-0.2, -0.15) is 10.2 Å². The number of rotatable bonds is 35. The molecule has 626 valence electrons. The van der Waals surface area contributed by atoms with Crippen LogP contribution in [0.1, 0.15) is 169 Å². The van der Waals surface area contributed by atoms with E-state index in [2.05, 4.69) is 31.5 Å². The molecule has 8 heterocycles. The van der Waals surface area contributed by atoms with Crippen LogP contribution in [0.25, 0.3) is 44.1 Å². The van der Waals surface area contributed by atoms with Gasteiger partial charge in [0.2, 0.25) is 29.5 Å². The van der Waals surface area contributed by atoms with Gasteiger partial charge in [0.15, 0.2) is 0 Å². The van der Waals surface area contributed by atoms with Gasteiger partial charge in [-0.15, -0.1) is 0 Å². The molecule has 0 saturated carbocycles. The van der Waals surface area contributed by atoms with E-state index in [9.17, 15) is 61.9 Å². The lowest BCUT2D eigenvalue weighted by molar-refractivity contribution is -0.138. The largest absolute Gasteiger partial charge is 0.496 e. The SMILES string of the molecule is COc1cc(-c2cn(C)c(=O)c3c2cnn3C)cc(OC)c1CN(C)CC(=O)NCCCCCCCCNc1cccc2c1C(=O)N(C1CCC(=O)NC1=O)C2=O.COc1cc(-c2cn(C)c(=O)c3c2cnn3C)cc(OC)c1CN(C)CC(=O)O.NCCCCCCCCCc1cccc2c1C(=O)N(C1CCC(=O)NC1=O)C2=O.[2H]CF. The number of aromatic nitrogens is 6. The highest BCUT2D eigenvalue weighted by Crippen LogP contribution is 2.41. The van der Waals surface area contributed by atoms with Crippen LogP contribution in [0, 0.1) is 0 Å². The highest BCUT2D eigenvalue weighted by molar-refractivity contribution is 6.26. The van der Waals surface area contributed by atoms with E-state index in [4.69, 9.17) is 31.2 Å². The van der Waals surface area contributed by atoms with Gasteiger partial charge in [-0.3, -0.25) is 102 Å². The molecule has 2 fully saturated rings. The molecule has 0 spiro atoms. The number of pyridine rings is 2. The zero-order chi connectivity index (χ0) is 85.6. The molecule has 9 amide bonds. The Kier molecular flexibility index (Phi) is 31.0. The van der Waals surface area contributed by atoms with Crippen LogP contribution in [-0.4, -0.2) is 207 Å². The summed E-state index contributed by atoms with van der Waals surface area (Å²) in [6.45, 7) is 2.79. The number of carbonyl (C=O) groups excluding carboxylic acids is 9. The van der Waals surface area contributed by atoms with Crippen molar-refractivity contribution in [3.63, 3.8) is 0 Å². The molecular weight excluding hydrogens is 1510 g/mol. The number of aryl methyl sites for hydroxylation is 5. The van der Waals surface area contributed by atoms with Crippen molar-refractivity contribution in [2.45, 2.75) is 141 Å². The third-order valence-corrected chi connectivity index (χ3v) is 21.1. The van der Waals surface area contributed by atoms with E-state index < -0.39 is 66.6 Å². The fraction of sp³-hybridized carbons (Fsp3) is 0.452. The number of hydrogen-bond donors (Lipinski definition) is 6. The van der Waals surface area contributed by atoms with Crippen LogP contribution < -0.4 is 57.1 Å². The van der Waals surface area contributed by atoms with Crippen molar-refractivity contribution in [2.75, 3.05) is 87.7 Å². The van der Waals surface area contributed by atoms with Crippen molar-refractivity contribution in [2.24, 2.45) is 33.9 Å². The van der Waals surface area contributed by atoms with Crippen LogP contribution in [0.5, 0.6) is 23.0 Å². The summed E-state index contributed by atoms with van der Waals surface area (Å²) in [7, 11) is 15.8. The van der Waals surface area contributed by atoms with Gasteiger partial charge in [-0.1, -0.05) is 76.0 Å². The van der Waals surface area contributed by atoms with E-state index in [1.165, 1.54) is 28.4 Å². The number of benzene rings is 4. The predicted molar refractivity (Wildman–Crippen MR) is 437 cm³/mol. The summed E-state index contributed by atoms with van der Waals surface area (Å²) in [5.74, 6) is -2.52. The molecule has 0 bridgehead atoms. The molecule has 4 aliphatic rings. The molecule has 2 saturated heterocycles. The van der Waals surface area contributed by atoms with E-state index in [0.717, 1.165) is 137 Å². The molecule has 4 aromatic heterocycles. The first-order valence-corrected chi connectivity index (χ1v) is 39.0. The number of alkyl halides is 1. The lowest BCUT2D eigenvalue weighted by atomic mass is 9.97. The van der Waals surface area contributed by atoms with Crippen LogP contribution in [0.4, 0.5) is 10.1 Å². The second-order valence-corrected chi connectivity index (χ2v) is 29.3. The fourth-order valence-corrected chi connectivity index (χ4v) is 15.2. The van der Waals surface area contributed by atoms with Crippen molar-refractivity contribution < 1.29 is 77.8 Å². The first kappa shape index (κ1) is 87.4. The molecule has 12 rings (SSSR count). The number of piperidine rings is 2. The molecule has 2 unspecified atom stereocenters. The molecule has 0 radical (unpaired) electrons. The number of fused-ring (bicyclic) bond motifs is 4. The van der Waals surface area contributed by atoms with E-state index in [0.29, 0.717) is 77.0 Å². The average molecular weight is 1620 g/mol. The molecule has 7 N–H and O–H groups in total. The van der Waals surface area contributed by atoms with E-state index in [1.807, 2.05) is 42.3 Å². The van der Waals surface area contributed by atoms with Gasteiger partial charge in [-0.05, 0) is 125 Å². The number of carboxylic acids is 1. The van der Waals surface area contributed by atoms with Crippen LogP contribution in [0.15, 0.2) is 95.0 Å². The Balaban J connectivity index is 0.000000218. The van der Waals surface area contributed by atoms with Gasteiger partial charge in [0.05, 0.1) is 95.8 Å². The minimum Gasteiger partial charge on any atom is -0.496 e. The smallest absolute Gasteiger partial charge is 0.317 e. The summed E-state index contributed by atoms with van der Waals surface area (Å²) in [6, 6.07) is 16.0. The molecule has 0 aliphatic carbocycles. The quantitative estimate of drug-likeness (QED) is 0.0163. The third-order valence-electron chi connectivity index (χ3n) is 21.1. The molecule has 4 aromatic carbocycles. The first-order chi connectivity index (χ1) is 56.6. The fourth-order valence-electron chi connectivity index (χ4n) is 15.2. The second-order valence-electron chi connectivity index (χ2n) is 29.3. The minimum atomic E-state index is -1.00. The standard InChI is InChI=1S/C41H50N8O8.C22H29N3O4.C20H24N4O5.CH3F/c1-46(22-29-32(56-4)19-25(20-33(29)57-5)28-23-47(2)41(55)37-27(28)21-44-48(37)3)24-35(51)43-18-11-9-7-6-8-10-17-42-30-14-12-13-26-36(30)40(54)49(39(26)53)31-15-16-34(50)45-38(31)52;23-14-7-5-3-1-2-4-6-9-15-10-8-11-16-19(15)22(29)25(21(16)28)17-12-13-18(26)24-20(17)27;1-22(11-18(25)26)9-15-16(28-4)6-12(7-17(15)29-5)14-10-23(2)20(27)19-13(14)8-21-24(19)3;1-2/h12-14,19-21,23,31,42H,6-11,15-18,22,24H2,1-5H3,(H,43,51)(H,45,50,52);8,10-11,17H,1-7,9,12-14,23H2,(H,24,26,27);6-8,10H,9,11H2,1-5H3,(H,25,26);1H3/i;;;1D. The Morgan fingerprint density at radius 1 is 0.564 bits per heavy atom. The number of likely N-dealkylation sites (N-methyl/N-ethyl adjacent to an activating group) is 2. The Hall–Kier alpha value is -12.0. The van der Waals surface area contributed by atoms with Gasteiger partial charge in [0, 0.05) is 107 Å². The molecule has 33 heteroatoms. The van der Waals surface area contributed by atoms with Gasteiger partial charge in [0.25, 0.3) is 34.7 Å². The maximum absolute atomic E-state index is 13.3. The van der Waals surface area contributed by atoms with Crippen molar-refractivity contribution >= 4 is 86.6 Å². The molecule has 8 aromatic rings. The van der Waals surface area contributed by atoms with Crippen molar-refractivity contribution in [3.05, 3.63) is 145 Å². The van der Waals surface area contributed by atoms with Crippen LogP contribution >= 0.6 is 0 Å². The number of anilines is 1. The maximum atomic E-state index is 13.3. The number of nitrogens with one attached hydrogen (secondary N) is 4. The van der Waals surface area contributed by atoms with Crippen molar-refractivity contribution in [1.29, 1.82) is 0 Å². The number of hydrogen-bond acceptors (Lipinski definition) is 22. The number of halogens is 1. The van der Waals surface area contributed by atoms with E-state index >= 15 is 0 Å². The minimum absolute atomic E-state index is 0.0740. The summed E-state index contributed by atoms with van der Waals surface area (Å²) in [4.78, 5) is 154. The van der Waals surface area contributed by atoms with Crippen molar-refractivity contribution in [3.8, 4) is 45.3 Å². The summed E-state index contributed by atoms with van der Waals surface area (Å²) < 4.78 is 44.4. The lowest BCUT2D eigenvalue weighted by Gasteiger charge is -2.27. The van der Waals surface area contributed by atoms with Crippen LogP contribution in [-0.2, 0) is 76.5 Å². The summed E-state index contributed by atoms with van der Waals surface area (Å²) in [5.41, 5.74) is 13.8. The average Bonchev–Trinajstić information content (AvgIpc) is 1.60. The number of ether oxygens (including phenoxy) is 4. The van der Waals surface area contributed by atoms with Gasteiger partial charge in [-0.25, -0.2) is 0 Å². The number of unbranched alkanes of at least 4 members (excludes halogenated alkanes) is 11. The third kappa shape index (κ3) is 21.0. The van der Waals surface area contributed by atoms with Gasteiger partial charge >= 0.3 is 5.97 Å². The molecular formula is C84H106FN15O17. The number of amides is 9. The van der Waals surface area contributed by atoms with Crippen LogP contribution in [0.2, 0.25) is 0 Å². The molecule has 117 heavy (non-hydrogen) atoms. The second kappa shape index (κ2) is 41.5. The number of nitrogens with two attached hydrogens (primary N) is 1.